The van der Waals surface area contributed by atoms with E-state index in [-0.39, 0.29) is 5.75 Å². The summed E-state index contributed by atoms with van der Waals surface area (Å²) in [6.45, 7) is 7.09. The van der Waals surface area contributed by atoms with E-state index in [1.165, 1.54) is 37.4 Å². The molecular weight excluding hydrogens is 288 g/mol. The molecule has 1 N–H and O–H groups in total. The van der Waals surface area contributed by atoms with Gasteiger partial charge in [0.2, 0.25) is 5.95 Å². The largest absolute Gasteiger partial charge is 0.481 e. The molecule has 0 spiro atoms. The summed E-state index contributed by atoms with van der Waals surface area (Å²) in [7, 11) is 0. The number of carbonyl (C=O) groups is 1. The number of thioether (sulfide) groups is 1. The minimum absolute atomic E-state index is 0.0239. The Morgan fingerprint density at radius 1 is 1.33 bits per heavy atom. The molecule has 0 bridgehead atoms. The highest BCUT2D eigenvalue weighted by molar-refractivity contribution is 7.99. The highest BCUT2D eigenvalue weighted by Crippen LogP contribution is 2.26. The van der Waals surface area contributed by atoms with Gasteiger partial charge in [-0.1, -0.05) is 25.1 Å². The normalized spacial score (nSPS) is 19.5. The lowest BCUT2D eigenvalue weighted by molar-refractivity contribution is -0.133. The smallest absolute Gasteiger partial charge is 0.313 e. The van der Waals surface area contributed by atoms with Crippen LogP contribution in [0.4, 0.5) is 5.95 Å². The molecule has 21 heavy (non-hydrogen) atoms. The fraction of sp³-hybridized carbons (Fsp3) is 0.786. The molecule has 2 heterocycles. The molecule has 1 aliphatic rings. The summed E-state index contributed by atoms with van der Waals surface area (Å²) < 4.78 is 2.03. The Kier molecular flexibility index (Phi) is 5.90. The summed E-state index contributed by atoms with van der Waals surface area (Å²) >= 11 is 1.24. The van der Waals surface area contributed by atoms with E-state index in [9.17, 15) is 4.79 Å². The van der Waals surface area contributed by atoms with Crippen LogP contribution in [0.1, 0.15) is 39.5 Å². The molecule has 1 aromatic rings. The third-order valence-electron chi connectivity index (χ3n) is 4.05. The van der Waals surface area contributed by atoms with Crippen molar-refractivity contribution in [1.29, 1.82) is 0 Å². The molecule has 1 atom stereocenters. The Labute approximate surface area is 129 Å². The SMILES string of the molecule is CCC1CCCN(c2nnc(SCC(=O)O)n2CC)CC1. The van der Waals surface area contributed by atoms with Crippen molar-refractivity contribution in [1.82, 2.24) is 14.8 Å². The summed E-state index contributed by atoms with van der Waals surface area (Å²) in [6.07, 6.45) is 4.92. The minimum Gasteiger partial charge on any atom is -0.481 e. The maximum atomic E-state index is 10.7. The maximum absolute atomic E-state index is 10.7. The Morgan fingerprint density at radius 3 is 2.81 bits per heavy atom. The molecule has 7 heteroatoms. The average molecular weight is 312 g/mol. The molecule has 1 aromatic heterocycles. The predicted octanol–water partition coefficient (Wildman–Crippen LogP) is 2.49. The van der Waals surface area contributed by atoms with Crippen molar-refractivity contribution in [2.24, 2.45) is 5.92 Å². The van der Waals surface area contributed by atoms with Crippen LogP contribution in [0.25, 0.3) is 0 Å². The summed E-state index contributed by atoms with van der Waals surface area (Å²) in [5.41, 5.74) is 0. The van der Waals surface area contributed by atoms with Crippen molar-refractivity contribution in [3.8, 4) is 0 Å². The topological polar surface area (TPSA) is 71.2 Å². The van der Waals surface area contributed by atoms with Crippen LogP contribution in [-0.4, -0.2) is 44.7 Å². The number of nitrogens with zero attached hydrogens (tertiary/aromatic N) is 4. The van der Waals surface area contributed by atoms with Gasteiger partial charge >= 0.3 is 5.97 Å². The van der Waals surface area contributed by atoms with E-state index < -0.39 is 5.97 Å². The van der Waals surface area contributed by atoms with Crippen molar-refractivity contribution in [2.45, 2.75) is 51.2 Å². The molecule has 1 fully saturated rings. The fourth-order valence-corrected chi connectivity index (χ4v) is 3.52. The van der Waals surface area contributed by atoms with E-state index in [4.69, 9.17) is 5.11 Å². The van der Waals surface area contributed by atoms with Crippen LogP contribution in [0.2, 0.25) is 0 Å². The number of carboxylic acids is 1. The lowest BCUT2D eigenvalue weighted by Crippen LogP contribution is -2.27. The number of rotatable bonds is 6. The first-order chi connectivity index (χ1) is 10.2. The molecule has 0 aliphatic carbocycles. The Bertz CT molecular complexity index is 478. The highest BCUT2D eigenvalue weighted by atomic mass is 32.2. The van der Waals surface area contributed by atoms with Gasteiger partial charge in [0.05, 0.1) is 5.75 Å². The number of hydrogen-bond acceptors (Lipinski definition) is 5. The Morgan fingerprint density at radius 2 is 2.14 bits per heavy atom. The molecule has 2 rings (SSSR count). The van der Waals surface area contributed by atoms with Crippen molar-refractivity contribution in [2.75, 3.05) is 23.7 Å². The third-order valence-corrected chi connectivity index (χ3v) is 5.00. The summed E-state index contributed by atoms with van der Waals surface area (Å²) in [4.78, 5) is 13.0. The van der Waals surface area contributed by atoms with Crippen molar-refractivity contribution < 1.29 is 9.90 Å². The van der Waals surface area contributed by atoms with Crippen LogP contribution in [0.3, 0.4) is 0 Å². The van der Waals surface area contributed by atoms with Crippen LogP contribution < -0.4 is 4.90 Å². The van der Waals surface area contributed by atoms with Gasteiger partial charge in [-0.05, 0) is 32.1 Å². The number of carboxylic acid groups (broad SMARTS) is 1. The second-order valence-corrected chi connectivity index (χ2v) is 6.34. The second-order valence-electron chi connectivity index (χ2n) is 5.40. The molecule has 0 saturated carbocycles. The van der Waals surface area contributed by atoms with Gasteiger partial charge < -0.3 is 10.0 Å². The van der Waals surface area contributed by atoms with Crippen LogP contribution in [0, 0.1) is 5.92 Å². The number of hydrogen-bond donors (Lipinski definition) is 1. The fourth-order valence-electron chi connectivity index (χ4n) is 2.80. The lowest BCUT2D eigenvalue weighted by atomic mass is 9.98. The van der Waals surface area contributed by atoms with E-state index in [1.54, 1.807) is 0 Å². The molecule has 0 aromatic carbocycles. The zero-order chi connectivity index (χ0) is 15.2. The van der Waals surface area contributed by atoms with Gasteiger partial charge in [0.15, 0.2) is 5.16 Å². The quantitative estimate of drug-likeness (QED) is 0.814. The van der Waals surface area contributed by atoms with Crippen LogP contribution in [0.5, 0.6) is 0 Å². The molecule has 1 aliphatic heterocycles. The van der Waals surface area contributed by atoms with Gasteiger partial charge in [-0.3, -0.25) is 9.36 Å². The summed E-state index contributed by atoms with van der Waals surface area (Å²) in [5.74, 6) is 0.902. The number of aromatic nitrogens is 3. The molecule has 1 saturated heterocycles. The van der Waals surface area contributed by atoms with E-state index >= 15 is 0 Å². The molecular formula is C14H24N4O2S. The van der Waals surface area contributed by atoms with E-state index in [0.717, 1.165) is 31.5 Å². The molecule has 1 unspecified atom stereocenters. The average Bonchev–Trinajstić information content (AvgIpc) is 2.73. The minimum atomic E-state index is -0.826. The van der Waals surface area contributed by atoms with Gasteiger partial charge in [-0.15, -0.1) is 10.2 Å². The van der Waals surface area contributed by atoms with Gasteiger partial charge in [-0.25, -0.2) is 0 Å². The van der Waals surface area contributed by atoms with Crippen LogP contribution in [0.15, 0.2) is 5.16 Å². The van der Waals surface area contributed by atoms with Crippen molar-refractivity contribution in [3.63, 3.8) is 0 Å². The number of anilines is 1. The molecule has 118 valence electrons. The second kappa shape index (κ2) is 7.68. The zero-order valence-corrected chi connectivity index (χ0v) is 13.6. The molecule has 6 nitrogen and oxygen atoms in total. The first kappa shape index (κ1) is 16.1. The monoisotopic (exact) mass is 312 g/mol. The summed E-state index contributed by atoms with van der Waals surface area (Å²) in [5, 5.41) is 18.0. The van der Waals surface area contributed by atoms with Gasteiger partial charge in [0.1, 0.15) is 0 Å². The third kappa shape index (κ3) is 4.12. The van der Waals surface area contributed by atoms with E-state index in [2.05, 4.69) is 22.0 Å². The highest BCUT2D eigenvalue weighted by Gasteiger charge is 2.21. The van der Waals surface area contributed by atoms with Crippen molar-refractivity contribution >= 4 is 23.7 Å². The number of aliphatic carboxylic acids is 1. The Balaban J connectivity index is 2.10. The lowest BCUT2D eigenvalue weighted by Gasteiger charge is -2.22. The zero-order valence-electron chi connectivity index (χ0n) is 12.8. The van der Waals surface area contributed by atoms with Gasteiger partial charge in [0.25, 0.3) is 0 Å². The maximum Gasteiger partial charge on any atom is 0.313 e. The van der Waals surface area contributed by atoms with Gasteiger partial charge in [-0.2, -0.15) is 0 Å². The van der Waals surface area contributed by atoms with E-state index in [0.29, 0.717) is 5.16 Å². The Hall–Kier alpha value is -1.24. The standard InChI is InChI=1S/C14H24N4O2S/c1-3-11-6-5-8-17(9-7-11)13-15-16-14(18(13)4-2)21-10-12(19)20/h11H,3-10H2,1-2H3,(H,19,20). The van der Waals surface area contributed by atoms with Crippen LogP contribution >= 0.6 is 11.8 Å². The van der Waals surface area contributed by atoms with Gasteiger partial charge in [0, 0.05) is 19.6 Å². The predicted molar refractivity (Wildman–Crippen MR) is 83.9 cm³/mol. The molecule has 0 radical (unpaired) electrons. The molecule has 0 amide bonds. The first-order valence-corrected chi connectivity index (χ1v) is 8.67. The van der Waals surface area contributed by atoms with Crippen LogP contribution in [-0.2, 0) is 11.3 Å². The first-order valence-electron chi connectivity index (χ1n) is 7.68. The van der Waals surface area contributed by atoms with Crippen molar-refractivity contribution in [3.05, 3.63) is 0 Å². The van der Waals surface area contributed by atoms with E-state index in [1.807, 2.05) is 11.5 Å². The summed E-state index contributed by atoms with van der Waals surface area (Å²) in [6, 6.07) is 0.